The molecule has 0 fully saturated rings. The van der Waals surface area contributed by atoms with Crippen molar-refractivity contribution in [3.63, 3.8) is 0 Å². The van der Waals surface area contributed by atoms with E-state index in [9.17, 15) is 4.39 Å². The third-order valence-electron chi connectivity index (χ3n) is 3.78. The molecule has 5 nitrogen and oxygen atoms in total. The van der Waals surface area contributed by atoms with Crippen LogP contribution in [0.25, 0.3) is 16.9 Å². The van der Waals surface area contributed by atoms with Gasteiger partial charge in [0, 0.05) is 12.1 Å². The number of imidazole rings is 1. The molecule has 0 aliphatic carbocycles. The summed E-state index contributed by atoms with van der Waals surface area (Å²) in [4.78, 5) is 8.96. The molecule has 0 atom stereocenters. The fourth-order valence-electron chi connectivity index (χ4n) is 2.55. The van der Waals surface area contributed by atoms with Crippen molar-refractivity contribution in [2.75, 3.05) is 11.9 Å². The standard InChI is InChI=1S/C20H22ClFN4O/c1-13(11-12-27-20(2,3)4)23-19-24-16-9-10-17(21)25-18(16)26(19)15-7-5-14(22)6-8-15/h5-10H,1,11-12H2,2-4H3,(H,23,24). The number of hydrogen-bond acceptors (Lipinski definition) is 4. The van der Waals surface area contributed by atoms with E-state index in [4.69, 9.17) is 16.3 Å². The highest BCUT2D eigenvalue weighted by atomic mass is 35.5. The van der Waals surface area contributed by atoms with Crippen LogP contribution in [-0.2, 0) is 4.74 Å². The predicted octanol–water partition coefficient (Wildman–Crippen LogP) is 5.34. The number of anilines is 1. The van der Waals surface area contributed by atoms with Crippen molar-refractivity contribution in [2.45, 2.75) is 32.8 Å². The van der Waals surface area contributed by atoms with Crippen LogP contribution in [-0.4, -0.2) is 26.7 Å². The van der Waals surface area contributed by atoms with Crippen molar-refractivity contribution in [3.8, 4) is 5.69 Å². The Morgan fingerprint density at radius 2 is 1.89 bits per heavy atom. The summed E-state index contributed by atoms with van der Waals surface area (Å²) in [7, 11) is 0. The van der Waals surface area contributed by atoms with E-state index in [1.54, 1.807) is 28.8 Å². The van der Waals surface area contributed by atoms with Gasteiger partial charge in [0.2, 0.25) is 5.95 Å². The Hall–Kier alpha value is -2.44. The minimum absolute atomic E-state index is 0.206. The third kappa shape index (κ3) is 4.84. The Bertz CT molecular complexity index is 961. The topological polar surface area (TPSA) is 52.0 Å². The van der Waals surface area contributed by atoms with Gasteiger partial charge in [-0.05, 0) is 57.2 Å². The van der Waals surface area contributed by atoms with Crippen molar-refractivity contribution < 1.29 is 9.13 Å². The Labute approximate surface area is 162 Å². The van der Waals surface area contributed by atoms with E-state index in [1.165, 1.54) is 12.1 Å². The summed E-state index contributed by atoms with van der Waals surface area (Å²) < 4.78 is 20.9. The van der Waals surface area contributed by atoms with Crippen LogP contribution in [0.1, 0.15) is 27.2 Å². The number of fused-ring (bicyclic) bond motifs is 1. The number of nitrogens with one attached hydrogen (secondary N) is 1. The molecular formula is C20H22ClFN4O. The lowest BCUT2D eigenvalue weighted by atomic mass is 10.2. The minimum atomic E-state index is -0.313. The Kier molecular flexibility index (Phi) is 5.48. The van der Waals surface area contributed by atoms with Crippen molar-refractivity contribution in [1.82, 2.24) is 14.5 Å². The van der Waals surface area contributed by atoms with Crippen molar-refractivity contribution >= 4 is 28.7 Å². The lowest BCUT2D eigenvalue weighted by molar-refractivity contribution is -0.000835. The van der Waals surface area contributed by atoms with Gasteiger partial charge in [-0.25, -0.2) is 14.4 Å². The molecule has 0 saturated heterocycles. The van der Waals surface area contributed by atoms with Crippen LogP contribution >= 0.6 is 11.6 Å². The van der Waals surface area contributed by atoms with E-state index >= 15 is 0 Å². The van der Waals surface area contributed by atoms with Crippen molar-refractivity contribution in [3.05, 3.63) is 59.6 Å². The smallest absolute Gasteiger partial charge is 0.214 e. The highest BCUT2D eigenvalue weighted by molar-refractivity contribution is 6.29. The number of halogens is 2. The molecule has 7 heteroatoms. The molecule has 2 heterocycles. The molecule has 0 saturated carbocycles. The Morgan fingerprint density at radius 1 is 1.19 bits per heavy atom. The number of ether oxygens (including phenoxy) is 1. The summed E-state index contributed by atoms with van der Waals surface area (Å²) in [6.07, 6.45) is 0.623. The van der Waals surface area contributed by atoms with Gasteiger partial charge in [0.15, 0.2) is 5.65 Å². The van der Waals surface area contributed by atoms with Gasteiger partial charge in [-0.2, -0.15) is 0 Å². The van der Waals surface area contributed by atoms with Crippen LogP contribution < -0.4 is 5.32 Å². The molecule has 1 aromatic carbocycles. The first-order valence-corrected chi connectivity index (χ1v) is 9.00. The monoisotopic (exact) mass is 388 g/mol. The van der Waals surface area contributed by atoms with Crippen molar-refractivity contribution in [2.24, 2.45) is 0 Å². The van der Waals surface area contributed by atoms with E-state index in [2.05, 4.69) is 21.9 Å². The quantitative estimate of drug-likeness (QED) is 0.579. The maximum Gasteiger partial charge on any atom is 0.214 e. The Morgan fingerprint density at radius 3 is 2.56 bits per heavy atom. The summed E-state index contributed by atoms with van der Waals surface area (Å²) in [6.45, 7) is 10.6. The summed E-state index contributed by atoms with van der Waals surface area (Å²) in [5, 5.41) is 3.58. The first-order valence-electron chi connectivity index (χ1n) is 8.63. The predicted molar refractivity (Wildman–Crippen MR) is 107 cm³/mol. The molecule has 2 aromatic heterocycles. The average molecular weight is 389 g/mol. The number of hydrogen-bond donors (Lipinski definition) is 1. The SMILES string of the molecule is C=C(CCOC(C)(C)C)Nc1nc2ccc(Cl)nc2n1-c1ccc(F)cc1. The number of rotatable bonds is 6. The number of pyridine rings is 1. The number of benzene rings is 1. The molecule has 0 bridgehead atoms. The minimum Gasteiger partial charge on any atom is -0.375 e. The number of nitrogens with zero attached hydrogens (tertiary/aromatic N) is 3. The molecule has 0 unspecified atom stereocenters. The van der Waals surface area contributed by atoms with E-state index in [1.807, 2.05) is 20.8 Å². The maximum atomic E-state index is 13.3. The summed E-state index contributed by atoms with van der Waals surface area (Å²) in [6, 6.07) is 9.58. The first-order chi connectivity index (χ1) is 12.7. The Balaban J connectivity index is 1.91. The fourth-order valence-corrected chi connectivity index (χ4v) is 2.70. The highest BCUT2D eigenvalue weighted by Gasteiger charge is 2.16. The molecule has 0 amide bonds. The number of aromatic nitrogens is 3. The molecule has 3 rings (SSSR count). The molecule has 3 aromatic rings. The normalized spacial score (nSPS) is 11.7. The van der Waals surface area contributed by atoms with Crippen LogP contribution in [0.15, 0.2) is 48.7 Å². The van der Waals surface area contributed by atoms with Crippen LogP contribution in [0.2, 0.25) is 5.15 Å². The molecule has 142 valence electrons. The van der Waals surface area contributed by atoms with Gasteiger partial charge < -0.3 is 10.1 Å². The van der Waals surface area contributed by atoms with E-state index in [-0.39, 0.29) is 11.4 Å². The van der Waals surface area contributed by atoms with Gasteiger partial charge >= 0.3 is 0 Å². The first kappa shape index (κ1) is 19.3. The molecule has 0 radical (unpaired) electrons. The van der Waals surface area contributed by atoms with Crippen LogP contribution in [0.3, 0.4) is 0 Å². The molecular weight excluding hydrogens is 367 g/mol. The third-order valence-corrected chi connectivity index (χ3v) is 3.99. The van der Waals surface area contributed by atoms with E-state index in [0.717, 1.165) is 11.4 Å². The van der Waals surface area contributed by atoms with Gasteiger partial charge in [-0.3, -0.25) is 4.57 Å². The zero-order valence-electron chi connectivity index (χ0n) is 15.6. The summed E-state index contributed by atoms with van der Waals surface area (Å²) >= 11 is 6.06. The van der Waals surface area contributed by atoms with Crippen molar-refractivity contribution in [1.29, 1.82) is 0 Å². The van der Waals surface area contributed by atoms with Gasteiger partial charge in [-0.15, -0.1) is 0 Å². The summed E-state index contributed by atoms with van der Waals surface area (Å²) in [5.41, 5.74) is 2.52. The fraction of sp³-hybridized carbons (Fsp3) is 0.300. The largest absolute Gasteiger partial charge is 0.375 e. The lowest BCUT2D eigenvalue weighted by Crippen LogP contribution is -2.20. The second kappa shape index (κ2) is 7.66. The summed E-state index contributed by atoms with van der Waals surface area (Å²) in [5.74, 6) is 0.222. The second-order valence-corrected chi connectivity index (χ2v) is 7.55. The van der Waals surface area contributed by atoms with E-state index in [0.29, 0.717) is 35.3 Å². The second-order valence-electron chi connectivity index (χ2n) is 7.16. The van der Waals surface area contributed by atoms with Gasteiger partial charge in [-0.1, -0.05) is 18.2 Å². The highest BCUT2D eigenvalue weighted by Crippen LogP contribution is 2.26. The van der Waals surface area contributed by atoms with Crippen LogP contribution in [0, 0.1) is 5.82 Å². The molecule has 0 spiro atoms. The molecule has 27 heavy (non-hydrogen) atoms. The average Bonchev–Trinajstić information content (AvgIpc) is 2.91. The van der Waals surface area contributed by atoms with E-state index < -0.39 is 0 Å². The molecule has 1 N–H and O–H groups in total. The maximum absolute atomic E-state index is 13.3. The van der Waals surface area contributed by atoms with Crippen LogP contribution in [0.4, 0.5) is 10.3 Å². The van der Waals surface area contributed by atoms with Gasteiger partial charge in [0.25, 0.3) is 0 Å². The lowest BCUT2D eigenvalue weighted by Gasteiger charge is -2.20. The zero-order valence-corrected chi connectivity index (χ0v) is 16.3. The molecule has 0 aliphatic heterocycles. The van der Waals surface area contributed by atoms with Gasteiger partial charge in [0.1, 0.15) is 16.5 Å². The van der Waals surface area contributed by atoms with Gasteiger partial charge in [0.05, 0.1) is 17.9 Å². The zero-order chi connectivity index (χ0) is 19.6. The van der Waals surface area contributed by atoms with Crippen LogP contribution in [0.5, 0.6) is 0 Å². The molecule has 0 aliphatic rings.